The summed E-state index contributed by atoms with van der Waals surface area (Å²) in [5.74, 6) is 0.952. The third-order valence-corrected chi connectivity index (χ3v) is 3.77. The minimum Gasteiger partial charge on any atom is -0.311 e. The highest BCUT2D eigenvalue weighted by atomic mass is 15.1. The van der Waals surface area contributed by atoms with Crippen molar-refractivity contribution in [3.05, 3.63) is 30.1 Å². The average molecular weight is 247 g/mol. The first-order valence-electron chi connectivity index (χ1n) is 7.13. The number of pyridine rings is 1. The molecule has 0 aliphatic heterocycles. The minimum absolute atomic E-state index is 0.922. The number of rotatable bonds is 7. The van der Waals surface area contributed by atoms with E-state index in [0.29, 0.717) is 0 Å². The Hall–Kier alpha value is -0.930. The van der Waals surface area contributed by atoms with Crippen LogP contribution >= 0.6 is 0 Å². The maximum absolute atomic E-state index is 4.12. The molecule has 3 nitrogen and oxygen atoms in total. The van der Waals surface area contributed by atoms with E-state index in [1.165, 1.54) is 37.8 Å². The lowest BCUT2D eigenvalue weighted by Gasteiger charge is -2.20. The van der Waals surface area contributed by atoms with E-state index in [2.05, 4.69) is 28.3 Å². The Morgan fingerprint density at radius 2 is 2.22 bits per heavy atom. The lowest BCUT2D eigenvalue weighted by atomic mass is 10.1. The van der Waals surface area contributed by atoms with Crippen molar-refractivity contribution in [3.63, 3.8) is 0 Å². The van der Waals surface area contributed by atoms with Crippen LogP contribution in [0.1, 0.15) is 31.2 Å². The van der Waals surface area contributed by atoms with E-state index in [1.54, 1.807) is 0 Å². The molecule has 0 bridgehead atoms. The summed E-state index contributed by atoms with van der Waals surface area (Å²) in [7, 11) is 2.24. The molecule has 2 rings (SSSR count). The quantitative estimate of drug-likeness (QED) is 0.749. The molecular weight excluding hydrogens is 222 g/mol. The molecule has 0 aromatic carbocycles. The van der Waals surface area contributed by atoms with Gasteiger partial charge in [-0.2, -0.15) is 0 Å². The Balaban J connectivity index is 1.54. The van der Waals surface area contributed by atoms with Gasteiger partial charge in [-0.05, 0) is 37.4 Å². The molecule has 100 valence electrons. The summed E-state index contributed by atoms with van der Waals surface area (Å²) in [6.07, 6.45) is 9.50. The normalized spacial score (nSPS) is 16.6. The molecule has 1 aliphatic carbocycles. The summed E-state index contributed by atoms with van der Waals surface area (Å²) in [6.45, 7) is 4.38. The van der Waals surface area contributed by atoms with Gasteiger partial charge in [0.05, 0.1) is 0 Å². The van der Waals surface area contributed by atoms with E-state index < -0.39 is 0 Å². The first kappa shape index (κ1) is 13.5. The molecule has 1 aromatic rings. The number of aromatic nitrogens is 1. The molecule has 18 heavy (non-hydrogen) atoms. The van der Waals surface area contributed by atoms with Crippen molar-refractivity contribution >= 4 is 0 Å². The predicted molar refractivity (Wildman–Crippen MR) is 75.4 cm³/mol. The Bertz CT molecular complexity index is 320. The first-order valence-corrected chi connectivity index (χ1v) is 7.13. The third kappa shape index (κ3) is 4.75. The molecule has 1 fully saturated rings. The monoisotopic (exact) mass is 247 g/mol. The van der Waals surface area contributed by atoms with E-state index >= 15 is 0 Å². The van der Waals surface area contributed by atoms with E-state index in [-0.39, 0.29) is 0 Å². The molecular formula is C15H25N3. The largest absolute Gasteiger partial charge is 0.311 e. The van der Waals surface area contributed by atoms with Crippen molar-refractivity contribution in [2.75, 3.05) is 26.7 Å². The fourth-order valence-electron chi connectivity index (χ4n) is 2.73. The number of likely N-dealkylation sites (N-methyl/N-ethyl adjacent to an activating group) is 1. The zero-order chi connectivity index (χ0) is 12.6. The van der Waals surface area contributed by atoms with Crippen molar-refractivity contribution in [1.82, 2.24) is 15.2 Å². The predicted octanol–water partition coefficient (Wildman–Crippen LogP) is 2.29. The number of nitrogens with one attached hydrogen (secondary N) is 1. The van der Waals surface area contributed by atoms with Crippen LogP contribution in [-0.4, -0.2) is 36.6 Å². The second-order valence-electron chi connectivity index (χ2n) is 5.45. The highest BCUT2D eigenvalue weighted by Gasteiger charge is 2.16. The summed E-state index contributed by atoms with van der Waals surface area (Å²) in [6, 6.07) is 4.10. The van der Waals surface area contributed by atoms with Gasteiger partial charge in [0.2, 0.25) is 0 Å². The van der Waals surface area contributed by atoms with Crippen LogP contribution in [0.4, 0.5) is 0 Å². The maximum atomic E-state index is 4.12. The van der Waals surface area contributed by atoms with Crippen LogP contribution in [0.2, 0.25) is 0 Å². The van der Waals surface area contributed by atoms with Gasteiger partial charge >= 0.3 is 0 Å². The standard InChI is InChI=1S/C15H25N3/c1-18(13-14-5-2-3-6-14)10-9-17-12-15-7-4-8-16-11-15/h4,7-8,11,14,17H,2-3,5-6,9-10,12-13H2,1H3. The molecule has 0 atom stereocenters. The van der Waals surface area contributed by atoms with Crippen LogP contribution in [0.5, 0.6) is 0 Å². The van der Waals surface area contributed by atoms with Crippen LogP contribution in [-0.2, 0) is 6.54 Å². The number of hydrogen-bond donors (Lipinski definition) is 1. The van der Waals surface area contributed by atoms with Gasteiger partial charge in [0.1, 0.15) is 0 Å². The Kier molecular flexibility index (Phi) is 5.62. The highest BCUT2D eigenvalue weighted by Crippen LogP contribution is 2.24. The maximum Gasteiger partial charge on any atom is 0.0312 e. The molecule has 3 heteroatoms. The average Bonchev–Trinajstić information content (AvgIpc) is 2.89. The molecule has 1 aliphatic rings. The molecule has 0 spiro atoms. The van der Waals surface area contributed by atoms with E-state index in [0.717, 1.165) is 25.6 Å². The SMILES string of the molecule is CN(CCNCc1cccnc1)CC1CCCC1. The fraction of sp³-hybridized carbons (Fsp3) is 0.667. The molecule has 0 unspecified atom stereocenters. The molecule has 1 aromatic heterocycles. The van der Waals surface area contributed by atoms with Crippen LogP contribution in [0.15, 0.2) is 24.5 Å². The van der Waals surface area contributed by atoms with Crippen LogP contribution in [0.3, 0.4) is 0 Å². The third-order valence-electron chi connectivity index (χ3n) is 3.77. The number of nitrogens with zero attached hydrogens (tertiary/aromatic N) is 2. The summed E-state index contributed by atoms with van der Waals surface area (Å²) in [5, 5.41) is 3.48. The smallest absolute Gasteiger partial charge is 0.0312 e. The highest BCUT2D eigenvalue weighted by molar-refractivity contribution is 5.07. The van der Waals surface area contributed by atoms with Crippen molar-refractivity contribution in [3.8, 4) is 0 Å². The fourth-order valence-corrected chi connectivity index (χ4v) is 2.73. The Labute approximate surface area is 111 Å². The molecule has 1 saturated carbocycles. The van der Waals surface area contributed by atoms with E-state index in [4.69, 9.17) is 0 Å². The Morgan fingerprint density at radius 3 is 2.94 bits per heavy atom. The van der Waals surface area contributed by atoms with Crippen molar-refractivity contribution in [2.24, 2.45) is 5.92 Å². The molecule has 0 saturated heterocycles. The second kappa shape index (κ2) is 7.49. The minimum atomic E-state index is 0.922. The van der Waals surface area contributed by atoms with Crippen LogP contribution < -0.4 is 5.32 Å². The molecule has 1 heterocycles. The second-order valence-corrected chi connectivity index (χ2v) is 5.45. The summed E-state index contributed by atoms with van der Waals surface area (Å²) >= 11 is 0. The van der Waals surface area contributed by atoms with Crippen LogP contribution in [0.25, 0.3) is 0 Å². The van der Waals surface area contributed by atoms with E-state index in [1.807, 2.05) is 18.5 Å². The summed E-state index contributed by atoms with van der Waals surface area (Å²) < 4.78 is 0. The summed E-state index contributed by atoms with van der Waals surface area (Å²) in [5.41, 5.74) is 1.26. The first-order chi connectivity index (χ1) is 8.84. The molecule has 0 amide bonds. The van der Waals surface area contributed by atoms with Gasteiger partial charge in [0.15, 0.2) is 0 Å². The van der Waals surface area contributed by atoms with Gasteiger partial charge in [-0.3, -0.25) is 4.98 Å². The van der Waals surface area contributed by atoms with Crippen molar-refractivity contribution in [2.45, 2.75) is 32.2 Å². The molecule has 0 radical (unpaired) electrons. The van der Waals surface area contributed by atoms with Crippen molar-refractivity contribution < 1.29 is 0 Å². The van der Waals surface area contributed by atoms with Gasteiger partial charge in [0, 0.05) is 38.6 Å². The zero-order valence-corrected chi connectivity index (χ0v) is 11.4. The zero-order valence-electron chi connectivity index (χ0n) is 11.4. The van der Waals surface area contributed by atoms with Gasteiger partial charge in [-0.25, -0.2) is 0 Å². The lowest BCUT2D eigenvalue weighted by Crippen LogP contribution is -2.32. The van der Waals surface area contributed by atoms with Gasteiger partial charge < -0.3 is 10.2 Å². The lowest BCUT2D eigenvalue weighted by molar-refractivity contribution is 0.277. The number of hydrogen-bond acceptors (Lipinski definition) is 3. The van der Waals surface area contributed by atoms with Gasteiger partial charge in [-0.1, -0.05) is 18.9 Å². The van der Waals surface area contributed by atoms with Gasteiger partial charge in [0.25, 0.3) is 0 Å². The summed E-state index contributed by atoms with van der Waals surface area (Å²) in [4.78, 5) is 6.58. The van der Waals surface area contributed by atoms with E-state index in [9.17, 15) is 0 Å². The van der Waals surface area contributed by atoms with Crippen molar-refractivity contribution in [1.29, 1.82) is 0 Å². The molecule has 1 N–H and O–H groups in total. The van der Waals surface area contributed by atoms with Gasteiger partial charge in [-0.15, -0.1) is 0 Å². The Morgan fingerprint density at radius 1 is 1.39 bits per heavy atom. The topological polar surface area (TPSA) is 28.2 Å². The van der Waals surface area contributed by atoms with Crippen LogP contribution in [0, 0.1) is 5.92 Å².